The average Bonchev–Trinajstić information content (AvgIpc) is 2.83. The van der Waals surface area contributed by atoms with Gasteiger partial charge in [0.25, 0.3) is 0 Å². The van der Waals surface area contributed by atoms with Gasteiger partial charge in [-0.2, -0.15) is 0 Å². The van der Waals surface area contributed by atoms with Gasteiger partial charge in [0.1, 0.15) is 0 Å². The summed E-state index contributed by atoms with van der Waals surface area (Å²) in [6.07, 6.45) is 8.20. The van der Waals surface area contributed by atoms with Crippen LogP contribution >= 0.6 is 11.3 Å². The van der Waals surface area contributed by atoms with Gasteiger partial charge in [0.2, 0.25) is 0 Å². The summed E-state index contributed by atoms with van der Waals surface area (Å²) in [5, 5.41) is 8.58. The van der Waals surface area contributed by atoms with Crippen molar-refractivity contribution in [1.82, 2.24) is 0 Å². The van der Waals surface area contributed by atoms with Gasteiger partial charge in [-0.05, 0) is 37.0 Å². The summed E-state index contributed by atoms with van der Waals surface area (Å²) in [7, 11) is 0. The van der Waals surface area contributed by atoms with Crippen molar-refractivity contribution in [2.45, 2.75) is 45.3 Å². The van der Waals surface area contributed by atoms with Crippen molar-refractivity contribution in [3.63, 3.8) is 0 Å². The lowest BCUT2D eigenvalue weighted by molar-refractivity contribution is -0.131. The molecule has 1 heterocycles. The van der Waals surface area contributed by atoms with Crippen LogP contribution in [0, 0.1) is 5.92 Å². The van der Waals surface area contributed by atoms with E-state index in [1.807, 2.05) is 12.1 Å². The first-order valence-electron chi connectivity index (χ1n) is 6.76. The molecule has 19 heavy (non-hydrogen) atoms. The van der Waals surface area contributed by atoms with E-state index in [2.05, 4.69) is 6.92 Å². The van der Waals surface area contributed by atoms with Crippen LogP contribution in [0.3, 0.4) is 0 Å². The Kier molecular flexibility index (Phi) is 5.16. The molecule has 1 fully saturated rings. The Morgan fingerprint density at radius 1 is 1.47 bits per heavy atom. The summed E-state index contributed by atoms with van der Waals surface area (Å²) in [4.78, 5) is 12.6. The number of rotatable bonds is 5. The highest BCUT2D eigenvalue weighted by Gasteiger charge is 2.21. The van der Waals surface area contributed by atoms with Gasteiger partial charge in [-0.1, -0.05) is 19.8 Å². The number of ether oxygens (including phenoxy) is 1. The van der Waals surface area contributed by atoms with Crippen LogP contribution in [-0.2, 0) is 16.1 Å². The smallest absolute Gasteiger partial charge is 0.328 e. The van der Waals surface area contributed by atoms with Gasteiger partial charge < -0.3 is 9.84 Å². The molecule has 1 aromatic heterocycles. The molecule has 0 aliphatic heterocycles. The topological polar surface area (TPSA) is 46.5 Å². The fraction of sp³-hybridized carbons (Fsp3) is 0.533. The van der Waals surface area contributed by atoms with E-state index in [1.165, 1.54) is 25.3 Å². The van der Waals surface area contributed by atoms with Crippen molar-refractivity contribution in [3.8, 4) is 0 Å². The summed E-state index contributed by atoms with van der Waals surface area (Å²) in [5.41, 5.74) is 0. The molecule has 0 bridgehead atoms. The molecule has 2 rings (SSSR count). The number of aliphatic carboxylic acids is 1. The first-order valence-corrected chi connectivity index (χ1v) is 7.58. The maximum absolute atomic E-state index is 10.4. The Hall–Kier alpha value is -1.13. The van der Waals surface area contributed by atoms with Gasteiger partial charge in [0.15, 0.2) is 0 Å². The van der Waals surface area contributed by atoms with Gasteiger partial charge in [0.05, 0.1) is 12.7 Å². The Balaban J connectivity index is 1.84. The molecule has 1 N–H and O–H groups in total. The van der Waals surface area contributed by atoms with Crippen LogP contribution in [0.1, 0.15) is 42.4 Å². The summed E-state index contributed by atoms with van der Waals surface area (Å²) < 4.78 is 5.99. The van der Waals surface area contributed by atoms with E-state index in [0.717, 1.165) is 16.2 Å². The highest BCUT2D eigenvalue weighted by Crippen LogP contribution is 2.28. The molecule has 2 unspecified atom stereocenters. The van der Waals surface area contributed by atoms with Crippen molar-refractivity contribution in [2.24, 2.45) is 5.92 Å². The molecule has 1 aromatic rings. The minimum atomic E-state index is -0.915. The van der Waals surface area contributed by atoms with Crippen molar-refractivity contribution < 1.29 is 14.6 Å². The van der Waals surface area contributed by atoms with Crippen LogP contribution in [0.4, 0.5) is 0 Å². The number of carbonyl (C=O) groups is 1. The van der Waals surface area contributed by atoms with Gasteiger partial charge in [-0.15, -0.1) is 11.3 Å². The van der Waals surface area contributed by atoms with Crippen molar-refractivity contribution in [3.05, 3.63) is 28.0 Å². The Morgan fingerprint density at radius 2 is 2.26 bits per heavy atom. The second-order valence-electron chi connectivity index (χ2n) is 5.09. The van der Waals surface area contributed by atoms with Crippen molar-refractivity contribution >= 4 is 23.4 Å². The van der Waals surface area contributed by atoms with E-state index in [4.69, 9.17) is 9.84 Å². The molecule has 3 nitrogen and oxygen atoms in total. The van der Waals surface area contributed by atoms with Gasteiger partial charge in [-0.3, -0.25) is 0 Å². The van der Waals surface area contributed by atoms with Crippen LogP contribution in [0.2, 0.25) is 0 Å². The molecule has 1 aliphatic carbocycles. The zero-order valence-electron chi connectivity index (χ0n) is 11.2. The van der Waals surface area contributed by atoms with Crippen LogP contribution in [-0.4, -0.2) is 17.2 Å². The minimum Gasteiger partial charge on any atom is -0.478 e. The molecule has 0 saturated heterocycles. The predicted molar refractivity (Wildman–Crippen MR) is 77.2 cm³/mol. The van der Waals surface area contributed by atoms with E-state index < -0.39 is 5.97 Å². The van der Waals surface area contributed by atoms with E-state index in [-0.39, 0.29) is 0 Å². The fourth-order valence-electron chi connectivity index (χ4n) is 2.43. The van der Waals surface area contributed by atoms with E-state index in [1.54, 1.807) is 17.4 Å². The standard InChI is InChI=1S/C15H20O3S/c1-11-4-2-3-5-14(11)18-10-13-7-6-12(19-13)8-9-15(16)17/h6-9,11,14H,2-5,10H2,1H3,(H,16,17). The van der Waals surface area contributed by atoms with Crippen molar-refractivity contribution in [2.75, 3.05) is 0 Å². The van der Waals surface area contributed by atoms with E-state index in [9.17, 15) is 4.79 Å². The predicted octanol–water partition coefficient (Wildman–Crippen LogP) is 3.94. The molecule has 4 heteroatoms. The van der Waals surface area contributed by atoms with Gasteiger partial charge >= 0.3 is 5.97 Å². The third kappa shape index (κ3) is 4.48. The van der Waals surface area contributed by atoms with Crippen LogP contribution < -0.4 is 0 Å². The summed E-state index contributed by atoms with van der Waals surface area (Å²) in [6.45, 7) is 2.90. The molecule has 0 amide bonds. The first-order chi connectivity index (χ1) is 9.15. The maximum Gasteiger partial charge on any atom is 0.328 e. The zero-order valence-corrected chi connectivity index (χ0v) is 12.0. The molecule has 0 aromatic carbocycles. The van der Waals surface area contributed by atoms with Gasteiger partial charge in [0, 0.05) is 15.8 Å². The monoisotopic (exact) mass is 280 g/mol. The largest absolute Gasteiger partial charge is 0.478 e. The number of hydrogen-bond donors (Lipinski definition) is 1. The van der Waals surface area contributed by atoms with Crippen molar-refractivity contribution in [1.29, 1.82) is 0 Å². The van der Waals surface area contributed by atoms with E-state index >= 15 is 0 Å². The number of thiophene rings is 1. The molecule has 2 atom stereocenters. The number of hydrogen-bond acceptors (Lipinski definition) is 3. The summed E-state index contributed by atoms with van der Waals surface area (Å²) in [5.74, 6) is -0.262. The van der Waals surface area contributed by atoms with Crippen LogP contribution in [0.25, 0.3) is 6.08 Å². The molecule has 1 aliphatic rings. The molecular formula is C15H20O3S. The van der Waals surface area contributed by atoms with Crippen LogP contribution in [0.5, 0.6) is 0 Å². The molecule has 0 radical (unpaired) electrons. The Labute approximate surface area is 117 Å². The Bertz CT molecular complexity index is 450. The quantitative estimate of drug-likeness (QED) is 0.831. The fourth-order valence-corrected chi connectivity index (χ4v) is 3.27. The molecule has 1 saturated carbocycles. The lowest BCUT2D eigenvalue weighted by Crippen LogP contribution is -2.25. The summed E-state index contributed by atoms with van der Waals surface area (Å²) >= 11 is 1.59. The highest BCUT2D eigenvalue weighted by atomic mass is 32.1. The second-order valence-corrected chi connectivity index (χ2v) is 6.29. The molecule has 104 valence electrons. The number of carboxylic acid groups (broad SMARTS) is 1. The lowest BCUT2D eigenvalue weighted by Gasteiger charge is -2.28. The highest BCUT2D eigenvalue weighted by molar-refractivity contribution is 7.12. The normalized spacial score (nSPS) is 23.8. The number of carboxylic acids is 1. The average molecular weight is 280 g/mol. The van der Waals surface area contributed by atoms with Gasteiger partial charge in [-0.25, -0.2) is 4.79 Å². The molecule has 0 spiro atoms. The molecular weight excluding hydrogens is 260 g/mol. The summed E-state index contributed by atoms with van der Waals surface area (Å²) in [6, 6.07) is 3.95. The van der Waals surface area contributed by atoms with Crippen LogP contribution in [0.15, 0.2) is 18.2 Å². The minimum absolute atomic E-state index is 0.383. The zero-order chi connectivity index (χ0) is 13.7. The van der Waals surface area contributed by atoms with E-state index in [0.29, 0.717) is 18.6 Å². The maximum atomic E-state index is 10.4. The lowest BCUT2D eigenvalue weighted by atomic mass is 9.88. The SMILES string of the molecule is CC1CCCCC1OCc1ccc(C=CC(=O)O)s1. The Morgan fingerprint density at radius 3 is 3.00 bits per heavy atom. The third-order valence-electron chi connectivity index (χ3n) is 3.55. The third-order valence-corrected chi connectivity index (χ3v) is 4.57. The first kappa shape index (κ1) is 14.3. The second kappa shape index (κ2) is 6.87.